The summed E-state index contributed by atoms with van der Waals surface area (Å²) in [6.45, 7) is 0.917. The zero-order valence-corrected chi connectivity index (χ0v) is 11.3. The number of carbonyl (C=O) groups is 3. The lowest BCUT2D eigenvalue weighted by Gasteiger charge is -2.34. The molecule has 0 radical (unpaired) electrons. The molecule has 106 valence electrons. The fraction of sp³-hybridized carbons (Fsp3) is 0.727. The van der Waals surface area contributed by atoms with Gasteiger partial charge in [0.15, 0.2) is 0 Å². The lowest BCUT2D eigenvalue weighted by molar-refractivity contribution is -0.141. The van der Waals surface area contributed by atoms with Gasteiger partial charge in [0.1, 0.15) is 6.04 Å². The van der Waals surface area contributed by atoms with Crippen LogP contribution >= 0.6 is 11.8 Å². The van der Waals surface area contributed by atoms with Crippen molar-refractivity contribution in [2.24, 2.45) is 11.7 Å². The number of likely N-dealkylation sites (tertiary alicyclic amines) is 1. The van der Waals surface area contributed by atoms with Crippen molar-refractivity contribution in [1.29, 1.82) is 0 Å². The van der Waals surface area contributed by atoms with E-state index in [2.05, 4.69) is 0 Å². The van der Waals surface area contributed by atoms with E-state index in [0.29, 0.717) is 37.6 Å². The maximum absolute atomic E-state index is 12.3. The largest absolute Gasteiger partial charge is 0.480 e. The van der Waals surface area contributed by atoms with Crippen molar-refractivity contribution < 1.29 is 19.5 Å². The molecule has 0 aromatic carbocycles. The first-order chi connectivity index (χ1) is 9.00. The van der Waals surface area contributed by atoms with Crippen LogP contribution in [-0.2, 0) is 9.59 Å². The molecule has 0 unspecified atom stereocenters. The monoisotopic (exact) mass is 287 g/mol. The Bertz CT molecular complexity index is 395. The Hall–Kier alpha value is -1.44. The van der Waals surface area contributed by atoms with Gasteiger partial charge in [-0.1, -0.05) is 0 Å². The Morgan fingerprint density at radius 2 is 1.84 bits per heavy atom. The third-order valence-corrected chi connectivity index (χ3v) is 4.59. The van der Waals surface area contributed by atoms with E-state index in [0.717, 1.165) is 0 Å². The predicted molar refractivity (Wildman–Crippen MR) is 69.5 cm³/mol. The summed E-state index contributed by atoms with van der Waals surface area (Å²) in [5.41, 5.74) is 5.24. The van der Waals surface area contributed by atoms with E-state index in [1.165, 1.54) is 16.7 Å². The fourth-order valence-electron chi connectivity index (χ4n) is 2.37. The molecule has 3 N–H and O–H groups in total. The zero-order chi connectivity index (χ0) is 14.0. The van der Waals surface area contributed by atoms with Crippen LogP contribution in [0.5, 0.6) is 0 Å². The summed E-state index contributed by atoms with van der Waals surface area (Å²) < 4.78 is 0. The van der Waals surface area contributed by atoms with Crippen LogP contribution in [0.2, 0.25) is 0 Å². The van der Waals surface area contributed by atoms with Crippen molar-refractivity contribution >= 4 is 29.7 Å². The van der Waals surface area contributed by atoms with E-state index in [9.17, 15) is 14.4 Å². The summed E-state index contributed by atoms with van der Waals surface area (Å²) in [7, 11) is 0. The summed E-state index contributed by atoms with van der Waals surface area (Å²) in [6, 6.07) is -0.994. The van der Waals surface area contributed by atoms with Gasteiger partial charge in [-0.2, -0.15) is 0 Å². The van der Waals surface area contributed by atoms with Gasteiger partial charge in [-0.15, -0.1) is 11.8 Å². The highest BCUT2D eigenvalue weighted by Gasteiger charge is 2.38. The van der Waals surface area contributed by atoms with Crippen LogP contribution in [0.15, 0.2) is 0 Å². The number of hydrogen-bond donors (Lipinski definition) is 2. The Labute approximate surface area is 115 Å². The van der Waals surface area contributed by atoms with E-state index < -0.39 is 12.0 Å². The quantitative estimate of drug-likeness (QED) is 0.729. The first-order valence-electron chi connectivity index (χ1n) is 6.16. The van der Waals surface area contributed by atoms with Crippen LogP contribution in [0, 0.1) is 5.92 Å². The van der Waals surface area contributed by atoms with Crippen LogP contribution in [-0.4, -0.2) is 63.6 Å². The zero-order valence-electron chi connectivity index (χ0n) is 10.4. The Kier molecular flexibility index (Phi) is 4.18. The summed E-state index contributed by atoms with van der Waals surface area (Å²) in [5.74, 6) is -0.630. The van der Waals surface area contributed by atoms with Crippen molar-refractivity contribution in [3.8, 4) is 0 Å². The van der Waals surface area contributed by atoms with Gasteiger partial charge in [0.2, 0.25) is 5.91 Å². The van der Waals surface area contributed by atoms with Crippen molar-refractivity contribution in [1.82, 2.24) is 9.80 Å². The molecule has 7 nitrogen and oxygen atoms in total. The van der Waals surface area contributed by atoms with Gasteiger partial charge in [-0.25, -0.2) is 9.59 Å². The molecular weight excluding hydrogens is 270 g/mol. The van der Waals surface area contributed by atoms with Crippen LogP contribution < -0.4 is 5.73 Å². The van der Waals surface area contributed by atoms with Crippen molar-refractivity contribution in [2.75, 3.05) is 24.7 Å². The minimum atomic E-state index is -0.967. The number of nitrogens with zero attached hydrogens (tertiary/aromatic N) is 2. The summed E-state index contributed by atoms with van der Waals surface area (Å²) in [5, 5.41) is 9.06. The van der Waals surface area contributed by atoms with Gasteiger partial charge in [-0.05, 0) is 12.8 Å². The van der Waals surface area contributed by atoms with Gasteiger partial charge in [0.25, 0.3) is 0 Å². The van der Waals surface area contributed by atoms with Gasteiger partial charge in [0.05, 0.1) is 5.88 Å². The Morgan fingerprint density at radius 1 is 1.21 bits per heavy atom. The van der Waals surface area contributed by atoms with Gasteiger partial charge < -0.3 is 20.6 Å². The van der Waals surface area contributed by atoms with Crippen LogP contribution in [0.3, 0.4) is 0 Å². The third-order valence-electron chi connectivity index (χ3n) is 3.58. The standard InChI is InChI=1S/C11H17N3O4S/c12-9(15)7-1-3-13(4-2-7)11(18)14-6-19-5-8(14)10(16)17/h7-8H,1-6H2,(H2,12,15)(H,16,17)/t8-/m0/s1. The van der Waals surface area contributed by atoms with Crippen LogP contribution in [0.4, 0.5) is 4.79 Å². The molecule has 0 bridgehead atoms. The molecular formula is C11H17N3O4S. The van der Waals surface area contributed by atoms with Crippen LogP contribution in [0.1, 0.15) is 12.8 Å². The lowest BCUT2D eigenvalue weighted by atomic mass is 9.96. The smallest absolute Gasteiger partial charge is 0.327 e. The number of piperidine rings is 1. The molecule has 2 aliphatic rings. The molecule has 0 spiro atoms. The highest BCUT2D eigenvalue weighted by molar-refractivity contribution is 7.99. The Morgan fingerprint density at radius 3 is 2.37 bits per heavy atom. The summed E-state index contributed by atoms with van der Waals surface area (Å²) >= 11 is 1.44. The minimum Gasteiger partial charge on any atom is -0.480 e. The average Bonchev–Trinajstić information content (AvgIpc) is 2.87. The normalized spacial score (nSPS) is 24.5. The van der Waals surface area contributed by atoms with Crippen molar-refractivity contribution in [3.63, 3.8) is 0 Å². The molecule has 2 saturated heterocycles. The fourth-order valence-corrected chi connectivity index (χ4v) is 3.51. The average molecular weight is 287 g/mol. The molecule has 0 saturated carbocycles. The number of hydrogen-bond acceptors (Lipinski definition) is 4. The molecule has 0 aromatic rings. The third kappa shape index (κ3) is 2.94. The maximum Gasteiger partial charge on any atom is 0.327 e. The number of thioether (sulfide) groups is 1. The first-order valence-corrected chi connectivity index (χ1v) is 7.31. The lowest BCUT2D eigenvalue weighted by Crippen LogP contribution is -2.51. The number of carboxylic acid groups (broad SMARTS) is 1. The number of carboxylic acids is 1. The Balaban J connectivity index is 1.94. The molecule has 2 rings (SSSR count). The number of primary amides is 1. The SMILES string of the molecule is NC(=O)C1CCN(C(=O)N2CSC[C@H]2C(=O)O)CC1. The number of aliphatic carboxylic acids is 1. The molecule has 2 aliphatic heterocycles. The van der Waals surface area contributed by atoms with Crippen LogP contribution in [0.25, 0.3) is 0 Å². The number of urea groups is 1. The molecule has 2 fully saturated rings. The predicted octanol–water partition coefficient (Wildman–Crippen LogP) is -0.237. The number of carbonyl (C=O) groups excluding carboxylic acids is 2. The second-order valence-electron chi connectivity index (χ2n) is 4.77. The second kappa shape index (κ2) is 5.68. The number of rotatable bonds is 2. The van der Waals surface area contributed by atoms with E-state index in [1.807, 2.05) is 0 Å². The molecule has 19 heavy (non-hydrogen) atoms. The topological polar surface area (TPSA) is 104 Å². The van der Waals surface area contributed by atoms with E-state index in [-0.39, 0.29) is 17.9 Å². The molecule has 1 atom stereocenters. The molecule has 8 heteroatoms. The van der Waals surface area contributed by atoms with E-state index in [1.54, 1.807) is 4.90 Å². The highest BCUT2D eigenvalue weighted by atomic mass is 32.2. The summed E-state index contributed by atoms with van der Waals surface area (Å²) in [6.07, 6.45) is 1.11. The van der Waals surface area contributed by atoms with E-state index in [4.69, 9.17) is 10.8 Å². The first kappa shape index (κ1) is 14.0. The number of nitrogens with two attached hydrogens (primary N) is 1. The van der Waals surface area contributed by atoms with Gasteiger partial charge in [0, 0.05) is 24.8 Å². The number of amides is 3. The van der Waals surface area contributed by atoms with E-state index >= 15 is 0 Å². The molecule has 0 aliphatic carbocycles. The molecule has 3 amide bonds. The van der Waals surface area contributed by atoms with Gasteiger partial charge in [-0.3, -0.25) is 4.79 Å². The minimum absolute atomic E-state index is 0.174. The maximum atomic E-state index is 12.3. The van der Waals surface area contributed by atoms with Crippen molar-refractivity contribution in [3.05, 3.63) is 0 Å². The van der Waals surface area contributed by atoms with Crippen molar-refractivity contribution in [2.45, 2.75) is 18.9 Å². The summed E-state index contributed by atoms with van der Waals surface area (Å²) in [4.78, 5) is 37.4. The molecule has 2 heterocycles. The van der Waals surface area contributed by atoms with Gasteiger partial charge >= 0.3 is 12.0 Å². The second-order valence-corrected chi connectivity index (χ2v) is 5.77. The highest BCUT2D eigenvalue weighted by Crippen LogP contribution is 2.25. The molecule has 0 aromatic heterocycles.